The Morgan fingerprint density at radius 1 is 1.19 bits per heavy atom. The summed E-state index contributed by atoms with van der Waals surface area (Å²) in [5, 5.41) is 11.4. The Kier molecular flexibility index (Phi) is 3.72. The standard InChI is InChI=1S/C22H28N4O/c1-15(19-25-23-14-26(19)2)24-20(27)22-11-16-8-17(12-22)10-21(9-16,13-22)18-6-4-3-5-7-18/h3-7,14-17H,8-13H2,1-2H3,(H,24,27). The van der Waals surface area contributed by atoms with Crippen LogP contribution in [-0.4, -0.2) is 20.7 Å². The topological polar surface area (TPSA) is 59.8 Å². The molecule has 0 radical (unpaired) electrons. The zero-order valence-electron chi connectivity index (χ0n) is 16.2. The molecular weight excluding hydrogens is 336 g/mol. The highest BCUT2D eigenvalue weighted by molar-refractivity contribution is 5.84. The number of hydrogen-bond acceptors (Lipinski definition) is 3. The van der Waals surface area contributed by atoms with Gasteiger partial charge in [-0.05, 0) is 68.3 Å². The number of hydrogen-bond donors (Lipinski definition) is 1. The minimum absolute atomic E-state index is 0.120. The number of rotatable bonds is 4. The fourth-order valence-corrected chi connectivity index (χ4v) is 6.76. The minimum atomic E-state index is -0.215. The van der Waals surface area contributed by atoms with E-state index in [1.54, 1.807) is 6.33 Å². The fourth-order valence-electron chi connectivity index (χ4n) is 6.76. The van der Waals surface area contributed by atoms with E-state index >= 15 is 0 Å². The van der Waals surface area contributed by atoms with Gasteiger partial charge in [-0.2, -0.15) is 0 Å². The van der Waals surface area contributed by atoms with Crippen molar-refractivity contribution in [2.45, 2.75) is 56.9 Å². The molecule has 27 heavy (non-hydrogen) atoms. The smallest absolute Gasteiger partial charge is 0.226 e. The van der Waals surface area contributed by atoms with Crippen molar-refractivity contribution in [2.75, 3.05) is 0 Å². The fraction of sp³-hybridized carbons (Fsp3) is 0.591. The molecule has 3 unspecified atom stereocenters. The molecule has 1 amide bonds. The Labute approximate surface area is 160 Å². The van der Waals surface area contributed by atoms with Crippen LogP contribution in [0.1, 0.15) is 62.9 Å². The molecule has 6 rings (SSSR count). The largest absolute Gasteiger partial charge is 0.346 e. The van der Waals surface area contributed by atoms with Crippen molar-refractivity contribution < 1.29 is 4.79 Å². The third kappa shape index (κ3) is 2.62. The van der Waals surface area contributed by atoms with Gasteiger partial charge in [0.15, 0.2) is 5.82 Å². The molecule has 2 aromatic rings. The van der Waals surface area contributed by atoms with Gasteiger partial charge in [0.2, 0.25) is 5.91 Å². The van der Waals surface area contributed by atoms with E-state index in [0.29, 0.717) is 11.8 Å². The average Bonchev–Trinajstić information content (AvgIpc) is 3.07. The lowest BCUT2D eigenvalue weighted by Crippen LogP contribution is -2.59. The van der Waals surface area contributed by atoms with Crippen LogP contribution >= 0.6 is 0 Å². The maximum Gasteiger partial charge on any atom is 0.226 e. The highest BCUT2D eigenvalue weighted by Crippen LogP contribution is 2.65. The van der Waals surface area contributed by atoms with Crippen molar-refractivity contribution in [3.05, 3.63) is 48.0 Å². The molecule has 1 aromatic carbocycles. The van der Waals surface area contributed by atoms with Gasteiger partial charge in [0.1, 0.15) is 6.33 Å². The van der Waals surface area contributed by atoms with E-state index in [0.717, 1.165) is 25.1 Å². The normalized spacial score (nSPS) is 35.2. The van der Waals surface area contributed by atoms with Gasteiger partial charge in [-0.1, -0.05) is 30.3 Å². The highest BCUT2D eigenvalue weighted by atomic mass is 16.2. The summed E-state index contributed by atoms with van der Waals surface area (Å²) in [7, 11) is 1.92. The molecule has 3 atom stereocenters. The van der Waals surface area contributed by atoms with Crippen LogP contribution in [0.15, 0.2) is 36.7 Å². The van der Waals surface area contributed by atoms with Crippen LogP contribution in [0.5, 0.6) is 0 Å². The third-order valence-corrected chi connectivity index (χ3v) is 7.41. The number of benzene rings is 1. The molecule has 1 heterocycles. The van der Waals surface area contributed by atoms with Crippen molar-refractivity contribution in [3.63, 3.8) is 0 Å². The lowest BCUT2D eigenvalue weighted by Gasteiger charge is -2.61. The zero-order chi connectivity index (χ0) is 18.6. The van der Waals surface area contributed by atoms with Gasteiger partial charge in [-0.15, -0.1) is 10.2 Å². The second-order valence-electron chi connectivity index (χ2n) is 9.38. The summed E-state index contributed by atoms with van der Waals surface area (Å²) in [5.41, 5.74) is 1.42. The van der Waals surface area contributed by atoms with Gasteiger partial charge in [-0.25, -0.2) is 0 Å². The van der Waals surface area contributed by atoms with E-state index in [2.05, 4.69) is 45.8 Å². The molecule has 5 nitrogen and oxygen atoms in total. The molecular formula is C22H28N4O. The molecule has 4 saturated carbocycles. The molecule has 1 N–H and O–H groups in total. The first-order chi connectivity index (χ1) is 13.0. The predicted molar refractivity (Wildman–Crippen MR) is 103 cm³/mol. The van der Waals surface area contributed by atoms with Crippen LogP contribution < -0.4 is 5.32 Å². The Hall–Kier alpha value is -2.17. The molecule has 0 spiro atoms. The van der Waals surface area contributed by atoms with Gasteiger partial charge in [-0.3, -0.25) is 4.79 Å². The second kappa shape index (κ2) is 5.91. The second-order valence-corrected chi connectivity index (χ2v) is 9.38. The lowest BCUT2D eigenvalue weighted by atomic mass is 9.42. The molecule has 4 aliphatic carbocycles. The number of carbonyl (C=O) groups excluding carboxylic acids is 1. The van der Waals surface area contributed by atoms with Gasteiger partial charge >= 0.3 is 0 Å². The summed E-state index contributed by atoms with van der Waals surface area (Å²) in [5.74, 6) is 2.41. The first-order valence-corrected chi connectivity index (χ1v) is 10.2. The van der Waals surface area contributed by atoms with Gasteiger partial charge in [0.25, 0.3) is 0 Å². The van der Waals surface area contributed by atoms with Gasteiger partial charge in [0.05, 0.1) is 11.5 Å². The molecule has 5 heteroatoms. The van der Waals surface area contributed by atoms with E-state index in [1.165, 1.54) is 24.8 Å². The summed E-state index contributed by atoms with van der Waals surface area (Å²) in [6.45, 7) is 2.01. The molecule has 0 aliphatic heterocycles. The Morgan fingerprint density at radius 2 is 1.89 bits per heavy atom. The molecule has 1 aromatic heterocycles. The molecule has 0 saturated heterocycles. The summed E-state index contributed by atoms with van der Waals surface area (Å²) in [6.07, 6.45) is 8.59. The Balaban J connectivity index is 1.44. The third-order valence-electron chi connectivity index (χ3n) is 7.41. The van der Waals surface area contributed by atoms with Crippen molar-refractivity contribution in [1.29, 1.82) is 0 Å². The summed E-state index contributed by atoms with van der Waals surface area (Å²) >= 11 is 0. The summed E-state index contributed by atoms with van der Waals surface area (Å²) < 4.78 is 1.89. The van der Waals surface area contributed by atoms with E-state index in [9.17, 15) is 4.79 Å². The number of nitrogens with zero attached hydrogens (tertiary/aromatic N) is 3. The summed E-state index contributed by atoms with van der Waals surface area (Å²) in [4.78, 5) is 13.5. The number of aromatic nitrogens is 3. The van der Waals surface area contributed by atoms with Crippen molar-refractivity contribution in [3.8, 4) is 0 Å². The van der Waals surface area contributed by atoms with Crippen LogP contribution in [0.2, 0.25) is 0 Å². The average molecular weight is 364 g/mol. The zero-order valence-corrected chi connectivity index (χ0v) is 16.2. The van der Waals surface area contributed by atoms with E-state index in [1.807, 2.05) is 18.5 Å². The maximum absolute atomic E-state index is 13.5. The number of amides is 1. The van der Waals surface area contributed by atoms with Crippen molar-refractivity contribution in [2.24, 2.45) is 24.3 Å². The van der Waals surface area contributed by atoms with Crippen LogP contribution in [0.4, 0.5) is 0 Å². The SMILES string of the molecule is CC(NC(=O)C12CC3CC(C1)CC(c1ccccc1)(C3)C2)c1nncn1C. The predicted octanol–water partition coefficient (Wildman–Crippen LogP) is 3.53. The Morgan fingerprint density at radius 3 is 2.52 bits per heavy atom. The van der Waals surface area contributed by atoms with E-state index in [-0.39, 0.29) is 22.8 Å². The van der Waals surface area contributed by atoms with Crippen molar-refractivity contribution in [1.82, 2.24) is 20.1 Å². The monoisotopic (exact) mass is 364 g/mol. The summed E-state index contributed by atoms with van der Waals surface area (Å²) in [6, 6.07) is 10.8. The molecule has 142 valence electrons. The van der Waals surface area contributed by atoms with Crippen LogP contribution in [-0.2, 0) is 17.3 Å². The van der Waals surface area contributed by atoms with Gasteiger partial charge < -0.3 is 9.88 Å². The Bertz CT molecular complexity index is 844. The number of carbonyl (C=O) groups is 1. The van der Waals surface area contributed by atoms with Crippen LogP contribution in [0.25, 0.3) is 0 Å². The molecule has 4 fully saturated rings. The van der Waals surface area contributed by atoms with Crippen molar-refractivity contribution >= 4 is 5.91 Å². The van der Waals surface area contributed by atoms with E-state index < -0.39 is 0 Å². The van der Waals surface area contributed by atoms with Crippen LogP contribution in [0, 0.1) is 17.3 Å². The lowest BCUT2D eigenvalue weighted by molar-refractivity contribution is -0.149. The first-order valence-electron chi connectivity index (χ1n) is 10.2. The quantitative estimate of drug-likeness (QED) is 0.903. The van der Waals surface area contributed by atoms with Gasteiger partial charge in [0, 0.05) is 7.05 Å². The first kappa shape index (κ1) is 17.0. The number of nitrogens with one attached hydrogen (secondary N) is 1. The number of aryl methyl sites for hydroxylation is 1. The van der Waals surface area contributed by atoms with Crippen LogP contribution in [0.3, 0.4) is 0 Å². The minimum Gasteiger partial charge on any atom is -0.346 e. The van der Waals surface area contributed by atoms with E-state index in [4.69, 9.17) is 0 Å². The molecule has 4 bridgehead atoms. The molecule has 4 aliphatic rings. The highest BCUT2D eigenvalue weighted by Gasteiger charge is 2.61. The maximum atomic E-state index is 13.5.